The molecule has 3 N–H and O–H groups in total. The molecule has 11 rings (SSSR count). The molecule has 0 aromatic rings. The number of fused-ring (bicyclic) bond motifs is 10. The van der Waals surface area contributed by atoms with E-state index in [1.165, 1.54) is 6.92 Å². The monoisotopic (exact) mass is 1030 g/mol. The number of aliphatic hydroxyl groups is 1. The zero-order chi connectivity index (χ0) is 49.3. The summed E-state index contributed by atoms with van der Waals surface area (Å²) in [6.07, 6.45) is -0.489. The van der Waals surface area contributed by atoms with Crippen LogP contribution in [0, 0.1) is 5.92 Å². The third-order valence-corrected chi connectivity index (χ3v) is 18.7. The van der Waals surface area contributed by atoms with Crippen molar-refractivity contribution < 1.29 is 96.3 Å². The molecule has 0 radical (unpaired) electrons. The number of hydrogen-bond donors (Lipinski definition) is 3. The van der Waals surface area contributed by atoms with Crippen LogP contribution in [-0.2, 0) is 86.1 Å². The van der Waals surface area contributed by atoms with Gasteiger partial charge in [-0.25, -0.2) is 8.37 Å². The van der Waals surface area contributed by atoms with E-state index >= 15 is 0 Å². The van der Waals surface area contributed by atoms with E-state index in [-0.39, 0.29) is 85.5 Å². The van der Waals surface area contributed by atoms with Gasteiger partial charge in [0.25, 0.3) is 0 Å². The van der Waals surface area contributed by atoms with E-state index in [0.717, 1.165) is 25.7 Å². The predicted molar refractivity (Wildman–Crippen MR) is 238 cm³/mol. The summed E-state index contributed by atoms with van der Waals surface area (Å²) in [4.78, 5) is 12.3. The first kappa shape index (κ1) is 50.8. The molecule has 396 valence electrons. The van der Waals surface area contributed by atoms with Crippen molar-refractivity contribution in [1.29, 1.82) is 0 Å². The quantitative estimate of drug-likeness (QED) is 0.233. The van der Waals surface area contributed by atoms with Crippen molar-refractivity contribution in [2.75, 3.05) is 13.2 Å². The average molecular weight is 1040 g/mol. The van der Waals surface area contributed by atoms with E-state index in [0.29, 0.717) is 63.4 Å². The summed E-state index contributed by atoms with van der Waals surface area (Å²) in [5, 5.41) is 11.8. The van der Waals surface area contributed by atoms with Gasteiger partial charge in [-0.05, 0) is 90.6 Å². The van der Waals surface area contributed by atoms with Crippen molar-refractivity contribution in [3.05, 3.63) is 12.2 Å². The molecule has 0 spiro atoms. The maximum absolute atomic E-state index is 12.3. The highest BCUT2D eigenvalue weighted by atomic mass is 32.3. The number of carbonyl (C=O) groups is 1. The van der Waals surface area contributed by atoms with Gasteiger partial charge in [0.2, 0.25) is 0 Å². The number of aliphatic hydroxyl groups excluding tert-OH is 1. The van der Waals surface area contributed by atoms with Gasteiger partial charge in [-0.2, -0.15) is 16.8 Å². The molecule has 0 bridgehead atoms. The number of carbonyl (C=O) groups excluding carboxylic acids is 1. The third kappa shape index (κ3) is 9.87. The van der Waals surface area contributed by atoms with Crippen molar-refractivity contribution in [2.24, 2.45) is 5.92 Å². The van der Waals surface area contributed by atoms with Crippen LogP contribution in [0.15, 0.2) is 12.2 Å². The topological polar surface area (TPSA) is 266 Å². The van der Waals surface area contributed by atoms with E-state index in [2.05, 4.69) is 24.6 Å². The van der Waals surface area contributed by atoms with Crippen LogP contribution in [0.5, 0.6) is 0 Å². The Morgan fingerprint density at radius 1 is 0.614 bits per heavy atom. The van der Waals surface area contributed by atoms with Crippen LogP contribution in [0.2, 0.25) is 0 Å². The molecule has 11 saturated heterocycles. The first-order chi connectivity index (χ1) is 33.0. The molecule has 23 heteroatoms. The second-order valence-corrected chi connectivity index (χ2v) is 24.9. The van der Waals surface area contributed by atoms with Gasteiger partial charge in [0, 0.05) is 38.5 Å². The Morgan fingerprint density at radius 3 is 1.73 bits per heavy atom. The first-order valence-corrected chi connectivity index (χ1v) is 28.1. The van der Waals surface area contributed by atoms with Gasteiger partial charge in [0.15, 0.2) is 5.78 Å². The number of rotatable bonds is 8. The molecular weight excluding hydrogens is 965 g/mol. The highest BCUT2D eigenvalue weighted by Gasteiger charge is 2.62. The molecule has 0 saturated carbocycles. The molecule has 24 atom stereocenters. The van der Waals surface area contributed by atoms with Crippen LogP contribution in [0.25, 0.3) is 0 Å². The minimum atomic E-state index is -4.82. The van der Waals surface area contributed by atoms with Crippen molar-refractivity contribution in [1.82, 2.24) is 0 Å². The number of ether oxygens (including phenoxy) is 11. The molecule has 24 unspecified atom stereocenters. The maximum atomic E-state index is 12.3. The highest BCUT2D eigenvalue weighted by molar-refractivity contribution is 7.81. The van der Waals surface area contributed by atoms with E-state index in [1.807, 2.05) is 0 Å². The van der Waals surface area contributed by atoms with Gasteiger partial charge in [0.1, 0.15) is 24.4 Å². The lowest BCUT2D eigenvalue weighted by molar-refractivity contribution is -0.343. The molecule has 11 aliphatic heterocycles. The third-order valence-electron chi connectivity index (χ3n) is 17.8. The van der Waals surface area contributed by atoms with Crippen LogP contribution in [-0.4, -0.2) is 189 Å². The van der Waals surface area contributed by atoms with Gasteiger partial charge < -0.3 is 57.2 Å². The summed E-state index contributed by atoms with van der Waals surface area (Å²) in [5.41, 5.74) is -1.84. The molecule has 70 heavy (non-hydrogen) atoms. The SMILES string of the molecule is C=C1CC2OC3C(CC2OC1C(C)=O)OC1CC2OC4CC5OC6CC7OC8CC9OC(C)(COS(=O)(=O)O)C(CCOS(=O)(=O)O)CC9OC8CC7OC6CCC5(C)OC4(C)CCCC2OC1C3O. The van der Waals surface area contributed by atoms with Crippen LogP contribution in [0.3, 0.4) is 0 Å². The first-order valence-electron chi connectivity index (χ1n) is 25.4. The molecule has 0 amide bonds. The molecule has 0 aliphatic carbocycles. The summed E-state index contributed by atoms with van der Waals surface area (Å²) in [6.45, 7) is 10.6. The molecule has 0 aromatic carbocycles. The van der Waals surface area contributed by atoms with Crippen LogP contribution >= 0.6 is 0 Å². The van der Waals surface area contributed by atoms with Crippen LogP contribution in [0.1, 0.15) is 118 Å². The molecule has 11 fully saturated rings. The molecule has 0 aromatic heterocycles. The van der Waals surface area contributed by atoms with Gasteiger partial charge in [-0.3, -0.25) is 13.9 Å². The van der Waals surface area contributed by atoms with Crippen molar-refractivity contribution >= 4 is 26.6 Å². The summed E-state index contributed by atoms with van der Waals surface area (Å²) < 4.78 is 148. The normalized spacial score (nSPS) is 52.3. The molecular formula is C47H70O21S2. The van der Waals surface area contributed by atoms with Gasteiger partial charge in [-0.15, -0.1) is 0 Å². The minimum Gasteiger partial charge on any atom is -0.387 e. The smallest absolute Gasteiger partial charge is 0.387 e. The van der Waals surface area contributed by atoms with Gasteiger partial charge in [0.05, 0.1) is 128 Å². The fraction of sp³-hybridized carbons (Fsp3) is 0.936. The van der Waals surface area contributed by atoms with Gasteiger partial charge in [-0.1, -0.05) is 6.58 Å². The zero-order valence-electron chi connectivity index (χ0n) is 40.2. The number of ketones is 1. The second-order valence-electron chi connectivity index (χ2n) is 22.7. The standard InChI is InChI=1S/C47H70O21S2/c1-22-13-27-35(65-42(22)23(2)48)19-38-44(66-27)41(49)43-37(61-38)18-30-25(64-43)7-6-10-45(3)39(63-30)20-40-46(4,68-45)11-8-26-29(62-40)15-32-31(58-26)16-33-34(60-32)17-36-28(59-33)14-24(9-12-56-69(50,51)52)47(5,67-36)21-57-70(53,54)55/h24-44,49H,1,6-21H2,2-5H3,(H,50,51,52)(H,53,54,55). The lowest BCUT2D eigenvalue weighted by Crippen LogP contribution is -2.69. The Hall–Kier alpha value is -1.33. The summed E-state index contributed by atoms with van der Waals surface area (Å²) in [6, 6.07) is 0. The predicted octanol–water partition coefficient (Wildman–Crippen LogP) is 2.82. The fourth-order valence-corrected chi connectivity index (χ4v) is 15.0. The van der Waals surface area contributed by atoms with E-state index < -0.39 is 106 Å². The molecule has 11 heterocycles. The second kappa shape index (κ2) is 18.7. The van der Waals surface area contributed by atoms with Crippen molar-refractivity contribution in [3.63, 3.8) is 0 Å². The number of Topliss-reactive ketones (excluding diaryl/α,β-unsaturated/α-hetero) is 1. The lowest BCUT2D eigenvalue weighted by atomic mass is 9.76. The lowest BCUT2D eigenvalue weighted by Gasteiger charge is -2.57. The summed E-state index contributed by atoms with van der Waals surface area (Å²) in [5.74, 6) is -0.625. The highest BCUT2D eigenvalue weighted by Crippen LogP contribution is 2.52. The van der Waals surface area contributed by atoms with Crippen LogP contribution < -0.4 is 0 Å². The van der Waals surface area contributed by atoms with Gasteiger partial charge >= 0.3 is 20.8 Å². The average Bonchev–Trinajstić information content (AvgIpc) is 3.40. The van der Waals surface area contributed by atoms with Crippen LogP contribution in [0.4, 0.5) is 0 Å². The fourth-order valence-electron chi connectivity index (χ4n) is 14.3. The molecule has 11 aliphatic rings. The largest absolute Gasteiger partial charge is 0.397 e. The zero-order valence-corrected chi connectivity index (χ0v) is 41.8. The minimum absolute atomic E-state index is 0.0582. The van der Waals surface area contributed by atoms with E-state index in [1.54, 1.807) is 6.92 Å². The summed E-state index contributed by atoms with van der Waals surface area (Å²) in [7, 11) is -9.54. The Morgan fingerprint density at radius 2 is 1.11 bits per heavy atom. The Balaban J connectivity index is 0.740. The Kier molecular flexibility index (Phi) is 13.6. The Bertz CT molecular complexity index is 2220. The Labute approximate surface area is 409 Å². The van der Waals surface area contributed by atoms with Crippen molar-refractivity contribution in [3.8, 4) is 0 Å². The maximum Gasteiger partial charge on any atom is 0.397 e. The summed E-state index contributed by atoms with van der Waals surface area (Å²) >= 11 is 0. The van der Waals surface area contributed by atoms with E-state index in [9.17, 15) is 31.3 Å². The number of hydrogen-bond acceptors (Lipinski definition) is 19. The van der Waals surface area contributed by atoms with E-state index in [4.69, 9.17) is 60.8 Å². The van der Waals surface area contributed by atoms with Crippen molar-refractivity contribution in [2.45, 2.75) is 256 Å². The molecule has 21 nitrogen and oxygen atoms in total.